The number of carbonyl (C=O) groups excluding carboxylic acids is 1. The maximum Gasteiger partial charge on any atom is 0.313 e. The molecule has 2 saturated heterocycles. The van der Waals surface area contributed by atoms with Crippen LogP contribution in [0.25, 0.3) is 0 Å². The van der Waals surface area contributed by atoms with Gasteiger partial charge in [0.15, 0.2) is 12.1 Å². The fraction of sp³-hybridized carbons (Fsp3) is 0.808. The van der Waals surface area contributed by atoms with E-state index in [1.54, 1.807) is 0 Å². The van der Waals surface area contributed by atoms with Crippen molar-refractivity contribution in [3.8, 4) is 0 Å². The monoisotopic (exact) mass is 444 g/mol. The van der Waals surface area contributed by atoms with Crippen molar-refractivity contribution in [3.63, 3.8) is 0 Å². The second-order valence-corrected chi connectivity index (χ2v) is 11.4. The van der Waals surface area contributed by atoms with Gasteiger partial charge in [0, 0.05) is 36.0 Å². The van der Waals surface area contributed by atoms with Crippen LogP contribution in [0.1, 0.15) is 65.2 Å². The lowest BCUT2D eigenvalue weighted by molar-refractivity contribution is -0.186. The molecule has 7 atom stereocenters. The summed E-state index contributed by atoms with van der Waals surface area (Å²) in [5.41, 5.74) is 2.25. The van der Waals surface area contributed by atoms with Crippen LogP contribution in [0, 0.1) is 28.6 Å². The molecule has 6 rings (SSSR count). The van der Waals surface area contributed by atoms with Crippen molar-refractivity contribution < 1.29 is 28.8 Å². The molecule has 2 aliphatic heterocycles. The summed E-state index contributed by atoms with van der Waals surface area (Å²) in [5.74, 6) is -0.511. The van der Waals surface area contributed by atoms with E-state index in [9.17, 15) is 9.90 Å². The van der Waals surface area contributed by atoms with Crippen molar-refractivity contribution in [2.24, 2.45) is 28.6 Å². The van der Waals surface area contributed by atoms with Gasteiger partial charge in [0.2, 0.25) is 0 Å². The van der Waals surface area contributed by atoms with Gasteiger partial charge in [0.25, 0.3) is 0 Å². The van der Waals surface area contributed by atoms with E-state index >= 15 is 0 Å². The van der Waals surface area contributed by atoms with Crippen molar-refractivity contribution in [1.82, 2.24) is 0 Å². The van der Waals surface area contributed by atoms with Crippen LogP contribution in [-0.4, -0.2) is 49.1 Å². The second-order valence-electron chi connectivity index (χ2n) is 11.4. The minimum Gasteiger partial charge on any atom is -0.469 e. The Morgan fingerprint density at radius 3 is 2.56 bits per heavy atom. The van der Waals surface area contributed by atoms with Crippen LogP contribution >= 0.6 is 0 Å². The average molecular weight is 445 g/mol. The summed E-state index contributed by atoms with van der Waals surface area (Å²) >= 11 is 0. The molecule has 4 fully saturated rings. The number of aliphatic hydroxyl groups is 1. The van der Waals surface area contributed by atoms with Crippen LogP contribution in [-0.2, 0) is 23.7 Å². The quantitative estimate of drug-likeness (QED) is 0.489. The number of carbonyl (C=O) groups is 1. The Kier molecular flexibility index (Phi) is 4.60. The highest BCUT2D eigenvalue weighted by Gasteiger charge is 2.66. The zero-order chi connectivity index (χ0) is 22.4. The van der Waals surface area contributed by atoms with E-state index in [2.05, 4.69) is 26.0 Å². The third-order valence-corrected chi connectivity index (χ3v) is 10.3. The van der Waals surface area contributed by atoms with Crippen LogP contribution in [0.3, 0.4) is 0 Å². The number of hydrogen-bond acceptors (Lipinski definition) is 6. The van der Waals surface area contributed by atoms with Gasteiger partial charge in [0.05, 0.1) is 31.8 Å². The van der Waals surface area contributed by atoms with Crippen LogP contribution in [0.5, 0.6) is 0 Å². The zero-order valence-electron chi connectivity index (χ0n) is 19.5. The molecule has 6 heteroatoms. The molecule has 2 saturated carbocycles. The Labute approximate surface area is 190 Å². The van der Waals surface area contributed by atoms with Crippen LogP contribution in [0.15, 0.2) is 23.3 Å². The number of rotatable bonds is 1. The second kappa shape index (κ2) is 6.91. The number of ether oxygens (including phenoxy) is 4. The molecular weight excluding hydrogens is 408 g/mol. The first kappa shape index (κ1) is 21.3. The lowest BCUT2D eigenvalue weighted by Gasteiger charge is -2.57. The van der Waals surface area contributed by atoms with Gasteiger partial charge in [-0.25, -0.2) is 0 Å². The SMILES string of the molecule is COC(=O)[C@@H]1C=C2CC3(CC[C@]2(C)C2=CC[C@@]4(C)C(CCC45CCC(O)O5)[C@@H]21)OCCO3. The van der Waals surface area contributed by atoms with Crippen molar-refractivity contribution in [3.05, 3.63) is 23.3 Å². The van der Waals surface area contributed by atoms with Crippen molar-refractivity contribution in [1.29, 1.82) is 0 Å². The molecule has 0 aromatic heterocycles. The molecule has 4 aliphatic carbocycles. The summed E-state index contributed by atoms with van der Waals surface area (Å²) in [5, 5.41) is 10.2. The highest BCUT2D eigenvalue weighted by molar-refractivity contribution is 5.77. The Morgan fingerprint density at radius 1 is 1.12 bits per heavy atom. The lowest BCUT2D eigenvalue weighted by atomic mass is 9.48. The third kappa shape index (κ3) is 2.64. The molecule has 0 aromatic rings. The van der Waals surface area contributed by atoms with E-state index in [0.29, 0.717) is 25.6 Å². The summed E-state index contributed by atoms with van der Waals surface area (Å²) in [6.07, 6.45) is 11.1. The normalized spacial score (nSPS) is 48.8. The minimum absolute atomic E-state index is 0.0666. The molecule has 0 amide bonds. The number of allylic oxidation sites excluding steroid dienone is 2. The molecule has 176 valence electrons. The molecule has 0 aromatic carbocycles. The number of hydrogen-bond donors (Lipinski definition) is 1. The Hall–Kier alpha value is -1.21. The summed E-state index contributed by atoms with van der Waals surface area (Å²) in [6, 6.07) is 0. The van der Waals surface area contributed by atoms with E-state index in [1.807, 2.05) is 0 Å². The molecule has 0 radical (unpaired) electrons. The van der Waals surface area contributed by atoms with Gasteiger partial charge >= 0.3 is 5.97 Å². The fourth-order valence-electron chi connectivity index (χ4n) is 8.46. The smallest absolute Gasteiger partial charge is 0.313 e. The number of methoxy groups -OCH3 is 1. The van der Waals surface area contributed by atoms with Gasteiger partial charge in [-0.05, 0) is 38.0 Å². The molecule has 6 nitrogen and oxygen atoms in total. The molecule has 32 heavy (non-hydrogen) atoms. The number of aliphatic hydroxyl groups excluding tert-OH is 1. The first-order valence-electron chi connectivity index (χ1n) is 12.4. The van der Waals surface area contributed by atoms with Gasteiger partial charge < -0.3 is 24.1 Å². The van der Waals surface area contributed by atoms with Gasteiger partial charge in [0.1, 0.15) is 0 Å². The maximum atomic E-state index is 13.1. The maximum absolute atomic E-state index is 13.1. The van der Waals surface area contributed by atoms with Crippen LogP contribution in [0.2, 0.25) is 0 Å². The van der Waals surface area contributed by atoms with Gasteiger partial charge in [-0.15, -0.1) is 0 Å². The molecular formula is C26H36O6. The van der Waals surface area contributed by atoms with Crippen molar-refractivity contribution in [2.75, 3.05) is 20.3 Å². The van der Waals surface area contributed by atoms with Crippen LogP contribution < -0.4 is 0 Å². The van der Waals surface area contributed by atoms with Crippen molar-refractivity contribution in [2.45, 2.75) is 82.9 Å². The number of fused-ring (bicyclic) bond motifs is 6. The lowest BCUT2D eigenvalue weighted by Crippen LogP contribution is -2.54. The third-order valence-electron chi connectivity index (χ3n) is 10.3. The van der Waals surface area contributed by atoms with Gasteiger partial charge in [-0.1, -0.05) is 37.1 Å². The average Bonchev–Trinajstić information content (AvgIpc) is 3.47. The van der Waals surface area contributed by atoms with E-state index in [4.69, 9.17) is 18.9 Å². The minimum atomic E-state index is -0.663. The van der Waals surface area contributed by atoms with E-state index in [0.717, 1.165) is 44.9 Å². The molecule has 0 bridgehead atoms. The highest BCUT2D eigenvalue weighted by atomic mass is 16.7. The topological polar surface area (TPSA) is 74.2 Å². The van der Waals surface area contributed by atoms with E-state index < -0.39 is 12.1 Å². The zero-order valence-corrected chi connectivity index (χ0v) is 19.5. The van der Waals surface area contributed by atoms with Crippen LogP contribution in [0.4, 0.5) is 0 Å². The molecule has 3 unspecified atom stereocenters. The predicted octanol–water partition coefficient (Wildman–Crippen LogP) is 3.88. The summed E-state index contributed by atoms with van der Waals surface area (Å²) in [7, 11) is 1.50. The summed E-state index contributed by atoms with van der Waals surface area (Å²) in [6.45, 7) is 5.98. The number of esters is 1. The van der Waals surface area contributed by atoms with Gasteiger partial charge in [-0.2, -0.15) is 0 Å². The fourth-order valence-corrected chi connectivity index (χ4v) is 8.46. The first-order valence-corrected chi connectivity index (χ1v) is 12.4. The predicted molar refractivity (Wildman–Crippen MR) is 116 cm³/mol. The molecule has 1 N–H and O–H groups in total. The molecule has 6 aliphatic rings. The van der Waals surface area contributed by atoms with E-state index in [1.165, 1.54) is 18.3 Å². The van der Waals surface area contributed by atoms with Crippen molar-refractivity contribution >= 4 is 5.97 Å². The Bertz CT molecular complexity index is 887. The first-order chi connectivity index (χ1) is 15.3. The van der Waals surface area contributed by atoms with Gasteiger partial charge in [-0.3, -0.25) is 4.79 Å². The Morgan fingerprint density at radius 2 is 1.88 bits per heavy atom. The standard InChI is InChI=1S/C26H36O6/c1-23-10-11-26(30-12-13-31-26)15-16(23)14-17(22(28)29-3)21-18(23)4-7-24(2)19(21)5-8-25(24)9-6-20(27)32-25/h4,14,17,19-21,27H,5-13,15H2,1-3H3/t17-,19?,20?,21-,23+,24+,25?/m1/s1. The summed E-state index contributed by atoms with van der Waals surface area (Å²) in [4.78, 5) is 13.1. The molecule has 2 heterocycles. The Balaban J connectivity index is 1.43. The van der Waals surface area contributed by atoms with E-state index in [-0.39, 0.29) is 34.2 Å². The molecule has 2 spiro atoms. The summed E-state index contributed by atoms with van der Waals surface area (Å²) < 4.78 is 23.7. The highest BCUT2D eigenvalue weighted by Crippen LogP contribution is 2.69. The largest absolute Gasteiger partial charge is 0.469 e.